The van der Waals surface area contributed by atoms with Crippen LogP contribution < -0.4 is 11.1 Å². The molecular formula is C11H9FN4S. The van der Waals surface area contributed by atoms with Crippen molar-refractivity contribution < 1.29 is 4.39 Å². The first-order valence-corrected chi connectivity index (χ1v) is 5.19. The molecule has 0 saturated heterocycles. The molecule has 4 nitrogen and oxygen atoms in total. The Labute approximate surface area is 103 Å². The Morgan fingerprint density at radius 2 is 1.94 bits per heavy atom. The number of nitrogens with two attached hydrogens (primary N) is 1. The van der Waals surface area contributed by atoms with Gasteiger partial charge in [-0.3, -0.25) is 0 Å². The normalized spacial score (nSPS) is 9.94. The fourth-order valence-electron chi connectivity index (χ4n) is 1.32. The molecule has 0 unspecified atom stereocenters. The largest absolute Gasteiger partial charge is 0.389 e. The highest BCUT2D eigenvalue weighted by Gasteiger charge is 2.05. The van der Waals surface area contributed by atoms with Gasteiger partial charge in [0.05, 0.1) is 18.1 Å². The lowest BCUT2D eigenvalue weighted by Crippen LogP contribution is -2.11. The maximum atomic E-state index is 13.6. The van der Waals surface area contributed by atoms with Crippen molar-refractivity contribution in [2.24, 2.45) is 5.73 Å². The minimum atomic E-state index is -0.459. The van der Waals surface area contributed by atoms with Gasteiger partial charge in [0.15, 0.2) is 0 Å². The van der Waals surface area contributed by atoms with Gasteiger partial charge in [0, 0.05) is 11.3 Å². The van der Waals surface area contributed by atoms with Crippen LogP contribution in [0.2, 0.25) is 0 Å². The second-order valence-electron chi connectivity index (χ2n) is 3.31. The number of aromatic nitrogens is 2. The Hall–Kier alpha value is -2.08. The van der Waals surface area contributed by atoms with Crippen LogP contribution in [-0.4, -0.2) is 15.0 Å². The SMILES string of the molecule is NC(=S)c1ccc(Nc2cncnc2)cc1F. The fraction of sp³-hybridized carbons (Fsp3) is 0. The maximum Gasteiger partial charge on any atom is 0.135 e. The highest BCUT2D eigenvalue weighted by molar-refractivity contribution is 7.80. The van der Waals surface area contributed by atoms with E-state index >= 15 is 0 Å². The molecule has 0 aliphatic carbocycles. The highest BCUT2D eigenvalue weighted by Crippen LogP contribution is 2.18. The molecule has 1 aromatic carbocycles. The molecule has 6 heteroatoms. The zero-order valence-electron chi connectivity index (χ0n) is 8.72. The summed E-state index contributed by atoms with van der Waals surface area (Å²) in [6.45, 7) is 0. The summed E-state index contributed by atoms with van der Waals surface area (Å²) in [6.07, 6.45) is 4.60. The van der Waals surface area contributed by atoms with E-state index in [-0.39, 0.29) is 10.6 Å². The lowest BCUT2D eigenvalue weighted by Gasteiger charge is -2.07. The molecule has 0 aliphatic heterocycles. The molecule has 17 heavy (non-hydrogen) atoms. The number of anilines is 2. The van der Waals surface area contributed by atoms with Crippen molar-refractivity contribution in [1.82, 2.24) is 9.97 Å². The monoisotopic (exact) mass is 248 g/mol. The molecular weight excluding hydrogens is 239 g/mol. The van der Waals surface area contributed by atoms with Gasteiger partial charge in [0.25, 0.3) is 0 Å². The number of nitrogens with zero attached hydrogens (tertiary/aromatic N) is 2. The third-order valence-corrected chi connectivity index (χ3v) is 2.30. The molecule has 0 fully saturated rings. The van der Waals surface area contributed by atoms with Gasteiger partial charge in [0.2, 0.25) is 0 Å². The van der Waals surface area contributed by atoms with Crippen LogP contribution in [-0.2, 0) is 0 Å². The van der Waals surface area contributed by atoms with Gasteiger partial charge >= 0.3 is 0 Å². The second-order valence-corrected chi connectivity index (χ2v) is 3.75. The topological polar surface area (TPSA) is 63.8 Å². The second kappa shape index (κ2) is 4.84. The summed E-state index contributed by atoms with van der Waals surface area (Å²) in [7, 11) is 0. The summed E-state index contributed by atoms with van der Waals surface area (Å²) in [5, 5.41) is 2.96. The average Bonchev–Trinajstić information content (AvgIpc) is 2.30. The molecule has 0 spiro atoms. The number of nitrogens with one attached hydrogen (secondary N) is 1. The molecule has 0 saturated carbocycles. The lowest BCUT2D eigenvalue weighted by molar-refractivity contribution is 0.626. The van der Waals surface area contributed by atoms with Crippen molar-refractivity contribution in [2.75, 3.05) is 5.32 Å². The Morgan fingerprint density at radius 3 is 2.53 bits per heavy atom. The molecule has 86 valence electrons. The van der Waals surface area contributed by atoms with E-state index in [1.807, 2.05) is 0 Å². The van der Waals surface area contributed by atoms with Gasteiger partial charge in [-0.25, -0.2) is 14.4 Å². The molecule has 2 aromatic rings. The van der Waals surface area contributed by atoms with Crippen LogP contribution in [0.25, 0.3) is 0 Å². The van der Waals surface area contributed by atoms with E-state index in [0.717, 1.165) is 0 Å². The minimum Gasteiger partial charge on any atom is -0.389 e. The molecule has 3 N–H and O–H groups in total. The average molecular weight is 248 g/mol. The number of hydrogen-bond donors (Lipinski definition) is 2. The quantitative estimate of drug-likeness (QED) is 0.813. The number of benzene rings is 1. The third kappa shape index (κ3) is 2.73. The first-order chi connectivity index (χ1) is 8.16. The number of halogens is 1. The third-order valence-electron chi connectivity index (χ3n) is 2.08. The van der Waals surface area contributed by atoms with Crippen molar-refractivity contribution >= 4 is 28.6 Å². The van der Waals surface area contributed by atoms with Gasteiger partial charge in [-0.05, 0) is 18.2 Å². The van der Waals surface area contributed by atoms with Crippen molar-refractivity contribution in [3.05, 3.63) is 48.3 Å². The molecule has 1 aromatic heterocycles. The van der Waals surface area contributed by atoms with Crippen LogP contribution in [0.5, 0.6) is 0 Å². The minimum absolute atomic E-state index is 0.0390. The number of thiocarbonyl (C=S) groups is 1. The Bertz CT molecular complexity index is 544. The van der Waals surface area contributed by atoms with E-state index in [9.17, 15) is 4.39 Å². The van der Waals surface area contributed by atoms with Crippen LogP contribution in [0.4, 0.5) is 15.8 Å². The van der Waals surface area contributed by atoms with Crippen LogP contribution in [0.3, 0.4) is 0 Å². The van der Waals surface area contributed by atoms with E-state index in [2.05, 4.69) is 15.3 Å². The Balaban J connectivity index is 2.24. The Kier molecular flexibility index (Phi) is 3.24. The zero-order chi connectivity index (χ0) is 12.3. The molecule has 0 radical (unpaired) electrons. The summed E-state index contributed by atoms with van der Waals surface area (Å²) in [4.78, 5) is 7.72. The van der Waals surface area contributed by atoms with Crippen molar-refractivity contribution in [2.45, 2.75) is 0 Å². The van der Waals surface area contributed by atoms with Crippen molar-refractivity contribution in [3.63, 3.8) is 0 Å². The highest BCUT2D eigenvalue weighted by atomic mass is 32.1. The van der Waals surface area contributed by atoms with Gasteiger partial charge in [-0.2, -0.15) is 0 Å². The van der Waals surface area contributed by atoms with Crippen LogP contribution >= 0.6 is 12.2 Å². The van der Waals surface area contributed by atoms with Gasteiger partial charge < -0.3 is 11.1 Å². The van der Waals surface area contributed by atoms with Crippen LogP contribution in [0.15, 0.2) is 36.9 Å². The summed E-state index contributed by atoms with van der Waals surface area (Å²) in [5.74, 6) is -0.459. The van der Waals surface area contributed by atoms with E-state index in [1.165, 1.54) is 18.5 Å². The predicted molar refractivity (Wildman–Crippen MR) is 67.6 cm³/mol. The van der Waals surface area contributed by atoms with E-state index in [0.29, 0.717) is 11.4 Å². The van der Waals surface area contributed by atoms with Gasteiger partial charge in [-0.15, -0.1) is 0 Å². The van der Waals surface area contributed by atoms with Crippen LogP contribution in [0, 0.1) is 5.82 Å². The number of rotatable bonds is 3. The zero-order valence-corrected chi connectivity index (χ0v) is 9.54. The smallest absolute Gasteiger partial charge is 0.135 e. The number of hydrogen-bond acceptors (Lipinski definition) is 4. The Morgan fingerprint density at radius 1 is 1.24 bits per heavy atom. The van der Waals surface area contributed by atoms with Gasteiger partial charge in [0.1, 0.15) is 17.1 Å². The van der Waals surface area contributed by atoms with E-state index in [1.54, 1.807) is 18.5 Å². The molecule has 0 amide bonds. The first kappa shape index (κ1) is 11.4. The molecule has 2 rings (SSSR count). The summed E-state index contributed by atoms with van der Waals surface area (Å²) < 4.78 is 13.6. The summed E-state index contributed by atoms with van der Waals surface area (Å²) in [6, 6.07) is 4.54. The maximum absolute atomic E-state index is 13.6. The standard InChI is InChI=1S/C11H9FN4S/c12-10-3-7(1-2-9(10)11(13)17)16-8-4-14-6-15-5-8/h1-6,16H,(H2,13,17). The van der Waals surface area contributed by atoms with E-state index in [4.69, 9.17) is 18.0 Å². The molecule has 1 heterocycles. The molecule has 0 bridgehead atoms. The first-order valence-electron chi connectivity index (χ1n) is 4.78. The van der Waals surface area contributed by atoms with E-state index < -0.39 is 5.82 Å². The summed E-state index contributed by atoms with van der Waals surface area (Å²) >= 11 is 4.72. The van der Waals surface area contributed by atoms with Crippen molar-refractivity contribution in [1.29, 1.82) is 0 Å². The van der Waals surface area contributed by atoms with Crippen molar-refractivity contribution in [3.8, 4) is 0 Å². The lowest BCUT2D eigenvalue weighted by atomic mass is 10.2. The summed E-state index contributed by atoms with van der Waals surface area (Å²) in [5.41, 5.74) is 6.86. The fourth-order valence-corrected chi connectivity index (χ4v) is 1.49. The van der Waals surface area contributed by atoms with Crippen LogP contribution in [0.1, 0.15) is 5.56 Å². The molecule has 0 atom stereocenters. The molecule has 0 aliphatic rings. The predicted octanol–water partition coefficient (Wildman–Crippen LogP) is 1.99. The van der Waals surface area contributed by atoms with Gasteiger partial charge in [-0.1, -0.05) is 12.2 Å².